The standard InChI is InChI=1S/C17H26ClNO/c1-4-9-20-17-8-7-14(18)11-16(17)19-15-10-12(2)5-6-13(15)3/h7-8,11-13,15,19H,4-6,9-10H2,1-3H3. The van der Waals surface area contributed by atoms with E-state index >= 15 is 0 Å². The van der Waals surface area contributed by atoms with Gasteiger partial charge in [-0.2, -0.15) is 0 Å². The molecule has 112 valence electrons. The van der Waals surface area contributed by atoms with Crippen LogP contribution in [0.1, 0.15) is 46.5 Å². The third kappa shape index (κ3) is 4.05. The van der Waals surface area contributed by atoms with Crippen molar-refractivity contribution in [2.75, 3.05) is 11.9 Å². The zero-order chi connectivity index (χ0) is 14.5. The van der Waals surface area contributed by atoms with Crippen molar-refractivity contribution < 1.29 is 4.74 Å². The highest BCUT2D eigenvalue weighted by atomic mass is 35.5. The largest absolute Gasteiger partial charge is 0.491 e. The first-order valence-corrected chi connectivity index (χ1v) is 8.16. The Morgan fingerprint density at radius 2 is 2.10 bits per heavy atom. The third-order valence-electron chi connectivity index (χ3n) is 4.20. The van der Waals surface area contributed by atoms with Crippen LogP contribution in [0.25, 0.3) is 0 Å². The van der Waals surface area contributed by atoms with Gasteiger partial charge in [-0.1, -0.05) is 38.8 Å². The Hall–Kier alpha value is -0.890. The van der Waals surface area contributed by atoms with Crippen molar-refractivity contribution in [3.05, 3.63) is 23.2 Å². The zero-order valence-electron chi connectivity index (χ0n) is 12.8. The van der Waals surface area contributed by atoms with Gasteiger partial charge in [-0.25, -0.2) is 0 Å². The van der Waals surface area contributed by atoms with Crippen LogP contribution < -0.4 is 10.1 Å². The fourth-order valence-electron chi connectivity index (χ4n) is 2.89. The van der Waals surface area contributed by atoms with Crippen molar-refractivity contribution in [2.45, 2.75) is 52.5 Å². The van der Waals surface area contributed by atoms with Crippen LogP contribution in [0.5, 0.6) is 5.75 Å². The van der Waals surface area contributed by atoms with Gasteiger partial charge in [0.15, 0.2) is 0 Å². The normalized spacial score (nSPS) is 26.3. The number of rotatable bonds is 5. The lowest BCUT2D eigenvalue weighted by Gasteiger charge is -2.34. The number of hydrogen-bond donors (Lipinski definition) is 1. The first-order valence-electron chi connectivity index (χ1n) is 7.79. The lowest BCUT2D eigenvalue weighted by atomic mass is 9.80. The Bertz CT molecular complexity index is 435. The summed E-state index contributed by atoms with van der Waals surface area (Å²) in [6, 6.07) is 6.36. The molecule has 0 radical (unpaired) electrons. The van der Waals surface area contributed by atoms with E-state index in [1.165, 1.54) is 19.3 Å². The van der Waals surface area contributed by atoms with Gasteiger partial charge in [-0.3, -0.25) is 0 Å². The van der Waals surface area contributed by atoms with E-state index in [2.05, 4.69) is 26.1 Å². The summed E-state index contributed by atoms with van der Waals surface area (Å²) < 4.78 is 5.82. The lowest BCUT2D eigenvalue weighted by Crippen LogP contribution is -2.33. The van der Waals surface area contributed by atoms with E-state index < -0.39 is 0 Å². The van der Waals surface area contributed by atoms with E-state index in [0.29, 0.717) is 12.0 Å². The van der Waals surface area contributed by atoms with E-state index in [1.807, 2.05) is 18.2 Å². The summed E-state index contributed by atoms with van der Waals surface area (Å²) in [5, 5.41) is 4.43. The molecule has 1 N–H and O–H groups in total. The molecule has 1 aliphatic rings. The third-order valence-corrected chi connectivity index (χ3v) is 4.44. The van der Waals surface area contributed by atoms with Crippen LogP contribution in [-0.4, -0.2) is 12.6 Å². The molecule has 20 heavy (non-hydrogen) atoms. The van der Waals surface area contributed by atoms with Crippen LogP contribution in [0.15, 0.2) is 18.2 Å². The minimum Gasteiger partial charge on any atom is -0.491 e. The molecule has 0 heterocycles. The molecule has 3 unspecified atom stereocenters. The van der Waals surface area contributed by atoms with E-state index in [1.54, 1.807) is 0 Å². The first-order chi connectivity index (χ1) is 9.60. The average Bonchev–Trinajstić information content (AvgIpc) is 2.42. The van der Waals surface area contributed by atoms with Crippen molar-refractivity contribution in [1.82, 2.24) is 0 Å². The van der Waals surface area contributed by atoms with Crippen LogP contribution in [0.2, 0.25) is 5.02 Å². The van der Waals surface area contributed by atoms with Crippen LogP contribution in [0.4, 0.5) is 5.69 Å². The molecule has 3 atom stereocenters. The number of hydrogen-bond acceptors (Lipinski definition) is 2. The highest BCUT2D eigenvalue weighted by Crippen LogP contribution is 2.34. The van der Waals surface area contributed by atoms with Crippen LogP contribution in [0.3, 0.4) is 0 Å². The molecule has 0 bridgehead atoms. The molecule has 0 amide bonds. The molecule has 0 aliphatic heterocycles. The minimum absolute atomic E-state index is 0.515. The van der Waals surface area contributed by atoms with Gasteiger partial charge in [0.05, 0.1) is 12.3 Å². The fourth-order valence-corrected chi connectivity index (χ4v) is 3.06. The van der Waals surface area contributed by atoms with Gasteiger partial charge < -0.3 is 10.1 Å². The number of ether oxygens (including phenoxy) is 1. The second kappa shape index (κ2) is 7.21. The van der Waals surface area contributed by atoms with Gasteiger partial charge in [-0.05, 0) is 49.3 Å². The molecular weight excluding hydrogens is 270 g/mol. The average molecular weight is 296 g/mol. The Morgan fingerprint density at radius 3 is 2.85 bits per heavy atom. The van der Waals surface area contributed by atoms with Gasteiger partial charge in [0.2, 0.25) is 0 Å². The van der Waals surface area contributed by atoms with Gasteiger partial charge in [0.1, 0.15) is 5.75 Å². The van der Waals surface area contributed by atoms with Crippen LogP contribution in [0, 0.1) is 11.8 Å². The first kappa shape index (κ1) is 15.5. The summed E-state index contributed by atoms with van der Waals surface area (Å²) in [5.41, 5.74) is 1.04. The van der Waals surface area contributed by atoms with Gasteiger partial charge >= 0.3 is 0 Å². The Kier molecular flexibility index (Phi) is 5.59. The van der Waals surface area contributed by atoms with Crippen molar-refractivity contribution in [1.29, 1.82) is 0 Å². The second-order valence-electron chi connectivity index (χ2n) is 6.14. The molecule has 1 saturated carbocycles. The maximum Gasteiger partial charge on any atom is 0.142 e. The summed E-state index contributed by atoms with van der Waals surface area (Å²) in [7, 11) is 0. The predicted molar refractivity (Wildman–Crippen MR) is 86.8 cm³/mol. The maximum atomic E-state index is 6.14. The summed E-state index contributed by atoms with van der Waals surface area (Å²) >= 11 is 6.14. The molecule has 3 heteroatoms. The van der Waals surface area contributed by atoms with Crippen molar-refractivity contribution in [3.63, 3.8) is 0 Å². The summed E-state index contributed by atoms with van der Waals surface area (Å²) in [5.74, 6) is 2.41. The van der Waals surface area contributed by atoms with Gasteiger partial charge in [0.25, 0.3) is 0 Å². The van der Waals surface area contributed by atoms with Crippen LogP contribution in [-0.2, 0) is 0 Å². The lowest BCUT2D eigenvalue weighted by molar-refractivity contribution is 0.278. The van der Waals surface area contributed by atoms with E-state index in [0.717, 1.165) is 35.4 Å². The Morgan fingerprint density at radius 1 is 1.30 bits per heavy atom. The molecule has 2 nitrogen and oxygen atoms in total. The monoisotopic (exact) mass is 295 g/mol. The smallest absolute Gasteiger partial charge is 0.142 e. The molecule has 1 aliphatic carbocycles. The molecule has 1 fully saturated rings. The summed E-state index contributed by atoms with van der Waals surface area (Å²) in [4.78, 5) is 0. The second-order valence-corrected chi connectivity index (χ2v) is 6.57. The minimum atomic E-state index is 0.515. The van der Waals surface area contributed by atoms with E-state index in [-0.39, 0.29) is 0 Å². The fraction of sp³-hybridized carbons (Fsp3) is 0.647. The van der Waals surface area contributed by atoms with Crippen molar-refractivity contribution in [2.24, 2.45) is 11.8 Å². The molecule has 0 spiro atoms. The number of benzene rings is 1. The van der Waals surface area contributed by atoms with E-state index in [4.69, 9.17) is 16.3 Å². The highest BCUT2D eigenvalue weighted by molar-refractivity contribution is 6.30. The molecule has 0 aromatic heterocycles. The predicted octanol–water partition coefficient (Wildman–Crippen LogP) is 5.37. The van der Waals surface area contributed by atoms with Crippen molar-refractivity contribution >= 4 is 17.3 Å². The number of halogens is 1. The highest BCUT2D eigenvalue weighted by Gasteiger charge is 2.26. The van der Waals surface area contributed by atoms with Crippen molar-refractivity contribution in [3.8, 4) is 5.75 Å². The Balaban J connectivity index is 2.11. The molecule has 0 saturated heterocycles. The van der Waals surface area contributed by atoms with Gasteiger partial charge in [-0.15, -0.1) is 0 Å². The molecule has 1 aromatic carbocycles. The van der Waals surface area contributed by atoms with Gasteiger partial charge in [0, 0.05) is 11.1 Å². The Labute approximate surface area is 127 Å². The summed E-state index contributed by atoms with van der Waals surface area (Å²) in [6.45, 7) is 7.54. The van der Waals surface area contributed by atoms with E-state index in [9.17, 15) is 0 Å². The molecular formula is C17H26ClNO. The van der Waals surface area contributed by atoms with Crippen LogP contribution >= 0.6 is 11.6 Å². The number of anilines is 1. The number of nitrogens with one attached hydrogen (secondary N) is 1. The topological polar surface area (TPSA) is 21.3 Å². The SMILES string of the molecule is CCCOc1ccc(Cl)cc1NC1CC(C)CCC1C. The zero-order valence-corrected chi connectivity index (χ0v) is 13.5. The summed E-state index contributed by atoms with van der Waals surface area (Å²) in [6.07, 6.45) is 4.87. The maximum absolute atomic E-state index is 6.14. The quantitative estimate of drug-likeness (QED) is 0.789. The molecule has 1 aromatic rings. The molecule has 2 rings (SSSR count).